The molecule has 1 fully saturated rings. The number of rotatable bonds is 4. The van der Waals surface area contributed by atoms with Gasteiger partial charge in [-0.2, -0.15) is 4.98 Å². The first-order chi connectivity index (χ1) is 13.2. The van der Waals surface area contributed by atoms with Gasteiger partial charge in [-0.25, -0.2) is 14.4 Å². The normalized spacial score (nSPS) is 15.6. The molecule has 1 saturated carbocycles. The molecule has 1 aliphatic carbocycles. The van der Waals surface area contributed by atoms with Gasteiger partial charge in [0.2, 0.25) is 0 Å². The standard InChI is InChI=1S/C20H20FN5O/c21-14-9-17-19(22-10-14)26(12-23-17)11-13-6-7-16-18(8-13)27-20(25-16)24-15-4-2-1-3-5-15/h6-10,12,15H,1-5,11H2,(H,24,25). The van der Waals surface area contributed by atoms with Gasteiger partial charge in [0.05, 0.1) is 19.1 Å². The summed E-state index contributed by atoms with van der Waals surface area (Å²) >= 11 is 0. The van der Waals surface area contributed by atoms with E-state index >= 15 is 0 Å². The molecule has 0 bridgehead atoms. The van der Waals surface area contributed by atoms with Crippen LogP contribution in [0.25, 0.3) is 22.3 Å². The van der Waals surface area contributed by atoms with Gasteiger partial charge >= 0.3 is 0 Å². The number of imidazole rings is 1. The number of oxazole rings is 1. The highest BCUT2D eigenvalue weighted by atomic mass is 19.1. The SMILES string of the molecule is Fc1cnc2c(c1)ncn2Cc1ccc2nc(NC3CCCCC3)oc2c1. The second kappa shape index (κ2) is 6.64. The van der Waals surface area contributed by atoms with Gasteiger partial charge in [0, 0.05) is 12.1 Å². The summed E-state index contributed by atoms with van der Waals surface area (Å²) in [5.41, 5.74) is 3.86. The first-order valence-electron chi connectivity index (χ1n) is 9.37. The van der Waals surface area contributed by atoms with E-state index in [2.05, 4.69) is 20.3 Å². The lowest BCUT2D eigenvalue weighted by atomic mass is 9.96. The Morgan fingerprint density at radius 1 is 1.11 bits per heavy atom. The Balaban J connectivity index is 1.38. The topological polar surface area (TPSA) is 68.8 Å². The van der Waals surface area contributed by atoms with Gasteiger partial charge in [0.15, 0.2) is 11.2 Å². The Morgan fingerprint density at radius 2 is 2.00 bits per heavy atom. The van der Waals surface area contributed by atoms with Gasteiger partial charge in [-0.3, -0.25) is 0 Å². The first-order valence-corrected chi connectivity index (χ1v) is 9.37. The third-order valence-corrected chi connectivity index (χ3v) is 5.16. The van der Waals surface area contributed by atoms with Crippen LogP contribution in [0, 0.1) is 5.82 Å². The van der Waals surface area contributed by atoms with Crippen molar-refractivity contribution in [2.75, 3.05) is 5.32 Å². The molecule has 5 rings (SSSR count). The fraction of sp³-hybridized carbons (Fsp3) is 0.350. The van der Waals surface area contributed by atoms with E-state index in [-0.39, 0.29) is 5.82 Å². The molecule has 0 atom stereocenters. The highest BCUT2D eigenvalue weighted by Gasteiger charge is 2.16. The van der Waals surface area contributed by atoms with Crippen molar-refractivity contribution >= 4 is 28.3 Å². The van der Waals surface area contributed by atoms with Gasteiger partial charge in [0.25, 0.3) is 6.01 Å². The molecule has 1 aliphatic rings. The van der Waals surface area contributed by atoms with E-state index in [9.17, 15) is 4.39 Å². The van der Waals surface area contributed by atoms with Crippen molar-refractivity contribution in [2.45, 2.75) is 44.7 Å². The molecule has 0 radical (unpaired) electrons. The molecule has 6 nitrogen and oxygen atoms in total. The third kappa shape index (κ3) is 3.25. The van der Waals surface area contributed by atoms with Crippen molar-refractivity contribution in [3.63, 3.8) is 0 Å². The van der Waals surface area contributed by atoms with Crippen LogP contribution in [0.3, 0.4) is 0 Å². The average molecular weight is 365 g/mol. The van der Waals surface area contributed by atoms with Crippen LogP contribution in [-0.4, -0.2) is 25.6 Å². The number of aromatic nitrogens is 4. The molecular formula is C20H20FN5O. The van der Waals surface area contributed by atoms with Crippen LogP contribution in [0.5, 0.6) is 0 Å². The van der Waals surface area contributed by atoms with Crippen molar-refractivity contribution in [2.24, 2.45) is 0 Å². The van der Waals surface area contributed by atoms with E-state index in [1.165, 1.54) is 44.4 Å². The zero-order chi connectivity index (χ0) is 18.2. The summed E-state index contributed by atoms with van der Waals surface area (Å²) in [5.74, 6) is -0.381. The zero-order valence-corrected chi connectivity index (χ0v) is 14.9. The Morgan fingerprint density at radius 3 is 2.89 bits per heavy atom. The van der Waals surface area contributed by atoms with E-state index in [4.69, 9.17) is 4.42 Å². The Labute approximate surface area is 155 Å². The van der Waals surface area contributed by atoms with E-state index < -0.39 is 0 Å². The van der Waals surface area contributed by atoms with Crippen LogP contribution in [-0.2, 0) is 6.54 Å². The van der Waals surface area contributed by atoms with Gasteiger partial charge < -0.3 is 14.3 Å². The molecule has 1 N–H and O–H groups in total. The molecule has 4 aromatic rings. The molecule has 27 heavy (non-hydrogen) atoms. The molecule has 1 aromatic carbocycles. The molecule has 0 amide bonds. The fourth-order valence-electron chi connectivity index (χ4n) is 3.79. The summed E-state index contributed by atoms with van der Waals surface area (Å²) in [5, 5.41) is 3.43. The van der Waals surface area contributed by atoms with Crippen LogP contribution in [0.2, 0.25) is 0 Å². The van der Waals surface area contributed by atoms with Crippen molar-refractivity contribution < 1.29 is 8.81 Å². The van der Waals surface area contributed by atoms with Gasteiger partial charge in [-0.1, -0.05) is 25.3 Å². The summed E-state index contributed by atoms with van der Waals surface area (Å²) in [6.07, 6.45) is 9.08. The van der Waals surface area contributed by atoms with Gasteiger partial charge in [0.1, 0.15) is 16.9 Å². The molecule has 0 aliphatic heterocycles. The number of benzene rings is 1. The molecule has 0 unspecified atom stereocenters. The van der Waals surface area contributed by atoms with Crippen LogP contribution in [0.4, 0.5) is 10.4 Å². The Hall–Kier alpha value is -2.96. The minimum atomic E-state index is -0.381. The van der Waals surface area contributed by atoms with E-state index in [0.29, 0.717) is 29.8 Å². The quantitative estimate of drug-likeness (QED) is 0.576. The highest BCUT2D eigenvalue weighted by molar-refractivity contribution is 5.75. The molecule has 3 aromatic heterocycles. The fourth-order valence-corrected chi connectivity index (χ4v) is 3.79. The minimum Gasteiger partial charge on any atom is -0.424 e. The second-order valence-electron chi connectivity index (χ2n) is 7.17. The summed E-state index contributed by atoms with van der Waals surface area (Å²) < 4.78 is 21.1. The Bertz CT molecular complexity index is 1100. The molecular weight excluding hydrogens is 345 g/mol. The van der Waals surface area contributed by atoms with Crippen LogP contribution < -0.4 is 5.32 Å². The molecule has 0 spiro atoms. The van der Waals surface area contributed by atoms with Crippen molar-refractivity contribution in [1.29, 1.82) is 0 Å². The maximum Gasteiger partial charge on any atom is 0.295 e. The number of hydrogen-bond donors (Lipinski definition) is 1. The molecule has 3 heterocycles. The second-order valence-corrected chi connectivity index (χ2v) is 7.17. The summed E-state index contributed by atoms with van der Waals surface area (Å²) in [6, 6.07) is 8.41. The molecule has 7 heteroatoms. The first kappa shape index (κ1) is 16.2. The largest absolute Gasteiger partial charge is 0.424 e. The van der Waals surface area contributed by atoms with Gasteiger partial charge in [-0.05, 0) is 30.5 Å². The van der Waals surface area contributed by atoms with Crippen molar-refractivity contribution in [1.82, 2.24) is 19.5 Å². The number of halogens is 1. The number of nitrogens with zero attached hydrogens (tertiary/aromatic N) is 4. The smallest absolute Gasteiger partial charge is 0.295 e. The lowest BCUT2D eigenvalue weighted by Crippen LogP contribution is -2.22. The number of fused-ring (bicyclic) bond motifs is 2. The van der Waals surface area contributed by atoms with Gasteiger partial charge in [-0.15, -0.1) is 0 Å². The molecule has 0 saturated heterocycles. The number of pyridine rings is 1. The summed E-state index contributed by atoms with van der Waals surface area (Å²) in [7, 11) is 0. The zero-order valence-electron chi connectivity index (χ0n) is 14.9. The Kier molecular flexibility index (Phi) is 3.99. The monoisotopic (exact) mass is 365 g/mol. The predicted molar refractivity (Wildman–Crippen MR) is 101 cm³/mol. The van der Waals surface area contributed by atoms with E-state index in [1.54, 1.807) is 6.33 Å². The summed E-state index contributed by atoms with van der Waals surface area (Å²) in [6.45, 7) is 0.581. The van der Waals surface area contributed by atoms with Crippen molar-refractivity contribution in [3.8, 4) is 0 Å². The third-order valence-electron chi connectivity index (χ3n) is 5.16. The minimum absolute atomic E-state index is 0.381. The lowest BCUT2D eigenvalue weighted by molar-refractivity contribution is 0.451. The van der Waals surface area contributed by atoms with Crippen molar-refractivity contribution in [3.05, 3.63) is 48.2 Å². The van der Waals surface area contributed by atoms with E-state index in [0.717, 1.165) is 16.7 Å². The maximum atomic E-state index is 13.3. The molecule has 138 valence electrons. The maximum absolute atomic E-state index is 13.3. The predicted octanol–water partition coefficient (Wildman–Crippen LogP) is 4.50. The lowest BCUT2D eigenvalue weighted by Gasteiger charge is -2.21. The van der Waals surface area contributed by atoms with Crippen LogP contribution >= 0.6 is 0 Å². The highest BCUT2D eigenvalue weighted by Crippen LogP contribution is 2.25. The number of anilines is 1. The number of nitrogens with one attached hydrogen (secondary N) is 1. The van der Waals surface area contributed by atoms with Crippen LogP contribution in [0.1, 0.15) is 37.7 Å². The average Bonchev–Trinajstić information content (AvgIpc) is 3.25. The number of hydrogen-bond acceptors (Lipinski definition) is 5. The van der Waals surface area contributed by atoms with E-state index in [1.807, 2.05) is 22.8 Å². The van der Waals surface area contributed by atoms with Crippen LogP contribution in [0.15, 0.2) is 41.2 Å². The summed E-state index contributed by atoms with van der Waals surface area (Å²) in [4.78, 5) is 12.9.